The van der Waals surface area contributed by atoms with Crippen LogP contribution in [0.15, 0.2) is 0 Å². The van der Waals surface area contributed by atoms with Crippen LogP contribution >= 0.6 is 0 Å². The van der Waals surface area contributed by atoms with Crippen molar-refractivity contribution in [1.29, 1.82) is 0 Å². The smallest absolute Gasteiger partial charge is 0.0811 e. The quantitative estimate of drug-likeness (QED) is 0.717. The summed E-state index contributed by atoms with van der Waals surface area (Å²) in [5.74, 6) is 0. The lowest BCUT2D eigenvalue weighted by atomic mass is 9.68. The molecule has 0 amide bonds. The Morgan fingerprint density at radius 2 is 1.58 bits per heavy atom. The van der Waals surface area contributed by atoms with Crippen molar-refractivity contribution in [3.05, 3.63) is 0 Å². The van der Waals surface area contributed by atoms with Gasteiger partial charge >= 0.3 is 0 Å². The van der Waals surface area contributed by atoms with Gasteiger partial charge in [-0.2, -0.15) is 0 Å². The number of hydrogen-bond acceptors (Lipinski definition) is 2. The molecule has 0 aromatic heterocycles. The van der Waals surface area contributed by atoms with Crippen LogP contribution < -0.4 is 5.32 Å². The first-order valence-corrected chi connectivity index (χ1v) is 8.21. The maximum Gasteiger partial charge on any atom is 0.0811 e. The van der Waals surface area contributed by atoms with Gasteiger partial charge in [0.25, 0.3) is 0 Å². The summed E-state index contributed by atoms with van der Waals surface area (Å²) in [6.07, 6.45) is 9.45. The number of ether oxygens (including phenoxy) is 1. The molecule has 3 aliphatic rings. The molecular weight excluding hydrogens is 234 g/mol. The number of morpholine rings is 1. The highest BCUT2D eigenvalue weighted by Crippen LogP contribution is 2.46. The fourth-order valence-corrected chi connectivity index (χ4v) is 4.26. The molecule has 1 aliphatic heterocycles. The van der Waals surface area contributed by atoms with Crippen LogP contribution in [0, 0.1) is 10.8 Å². The van der Waals surface area contributed by atoms with Crippen molar-refractivity contribution in [2.24, 2.45) is 10.8 Å². The van der Waals surface area contributed by atoms with Crippen LogP contribution in [-0.2, 0) is 4.74 Å². The van der Waals surface area contributed by atoms with Crippen molar-refractivity contribution < 1.29 is 4.74 Å². The predicted molar refractivity (Wildman–Crippen MR) is 79.3 cm³/mol. The fourth-order valence-electron chi connectivity index (χ4n) is 4.26. The molecule has 2 atom stereocenters. The first-order chi connectivity index (χ1) is 8.79. The van der Waals surface area contributed by atoms with Crippen molar-refractivity contribution in [2.45, 2.75) is 90.4 Å². The number of rotatable bonds is 0. The Kier molecular flexibility index (Phi) is 3.26. The van der Waals surface area contributed by atoms with Gasteiger partial charge in [0.2, 0.25) is 0 Å². The lowest BCUT2D eigenvalue weighted by Crippen LogP contribution is -2.62. The Hall–Kier alpha value is -0.0800. The van der Waals surface area contributed by atoms with E-state index < -0.39 is 0 Å². The van der Waals surface area contributed by atoms with E-state index in [1.807, 2.05) is 0 Å². The third-order valence-electron chi connectivity index (χ3n) is 5.93. The number of fused-ring (bicyclic) bond motifs is 1. The second-order valence-corrected chi connectivity index (χ2v) is 8.90. The van der Waals surface area contributed by atoms with Crippen LogP contribution in [0.3, 0.4) is 0 Å². The average molecular weight is 265 g/mol. The highest BCUT2D eigenvalue weighted by Gasteiger charge is 2.47. The van der Waals surface area contributed by atoms with E-state index in [9.17, 15) is 0 Å². The van der Waals surface area contributed by atoms with Crippen molar-refractivity contribution in [1.82, 2.24) is 5.32 Å². The lowest BCUT2D eigenvalue weighted by molar-refractivity contribution is -0.177. The summed E-state index contributed by atoms with van der Waals surface area (Å²) in [6, 6.07) is 0.601. The Labute approximate surface area is 118 Å². The van der Waals surface area contributed by atoms with Gasteiger partial charge in [0.05, 0.1) is 11.7 Å². The Balaban J connectivity index is 1.64. The maximum absolute atomic E-state index is 6.64. The van der Waals surface area contributed by atoms with Crippen molar-refractivity contribution in [2.75, 3.05) is 6.54 Å². The molecule has 0 radical (unpaired) electrons. The molecule has 0 bridgehead atoms. The first-order valence-electron chi connectivity index (χ1n) is 8.21. The monoisotopic (exact) mass is 265 g/mol. The summed E-state index contributed by atoms with van der Waals surface area (Å²) in [6.45, 7) is 10.7. The molecule has 19 heavy (non-hydrogen) atoms. The van der Waals surface area contributed by atoms with Crippen LogP contribution in [0.5, 0.6) is 0 Å². The lowest BCUT2D eigenvalue weighted by Gasteiger charge is -2.53. The first kappa shape index (κ1) is 13.9. The van der Waals surface area contributed by atoms with E-state index in [2.05, 4.69) is 33.0 Å². The van der Waals surface area contributed by atoms with Crippen molar-refractivity contribution in [3.8, 4) is 0 Å². The van der Waals surface area contributed by atoms with Gasteiger partial charge in [-0.25, -0.2) is 0 Å². The normalized spacial score (nSPS) is 39.8. The molecule has 0 aromatic carbocycles. The maximum atomic E-state index is 6.64. The molecule has 1 saturated heterocycles. The zero-order valence-electron chi connectivity index (χ0n) is 13.2. The van der Waals surface area contributed by atoms with E-state index >= 15 is 0 Å². The van der Waals surface area contributed by atoms with Gasteiger partial charge in [-0.3, -0.25) is 0 Å². The van der Waals surface area contributed by atoms with Crippen LogP contribution in [0.1, 0.15) is 72.6 Å². The zero-order valence-corrected chi connectivity index (χ0v) is 13.2. The third-order valence-corrected chi connectivity index (χ3v) is 5.93. The van der Waals surface area contributed by atoms with E-state index in [1.54, 1.807) is 0 Å². The second kappa shape index (κ2) is 4.46. The topological polar surface area (TPSA) is 21.3 Å². The minimum atomic E-state index is 0.165. The van der Waals surface area contributed by atoms with Crippen LogP contribution in [-0.4, -0.2) is 24.3 Å². The minimum Gasteiger partial charge on any atom is -0.369 e. The SMILES string of the molecule is CC1(C)CCC2(CC1)CNC1CC(C)(C)CCC1O2. The predicted octanol–water partition coefficient (Wildman–Crippen LogP) is 3.89. The van der Waals surface area contributed by atoms with E-state index in [0.29, 0.717) is 23.0 Å². The molecule has 0 aromatic rings. The van der Waals surface area contributed by atoms with Crippen LogP contribution in [0.2, 0.25) is 0 Å². The van der Waals surface area contributed by atoms with E-state index in [0.717, 1.165) is 6.54 Å². The standard InChI is InChI=1S/C17H31NO/c1-15(2)7-9-17(10-8-15)12-18-13-11-16(3,4)6-5-14(13)19-17/h13-14,18H,5-12H2,1-4H3. The summed E-state index contributed by atoms with van der Waals surface area (Å²) in [7, 11) is 0. The number of hydrogen-bond donors (Lipinski definition) is 1. The molecule has 110 valence electrons. The van der Waals surface area contributed by atoms with Gasteiger partial charge in [-0.15, -0.1) is 0 Å². The summed E-state index contributed by atoms with van der Waals surface area (Å²) in [5.41, 5.74) is 1.19. The minimum absolute atomic E-state index is 0.165. The molecule has 1 heterocycles. The Morgan fingerprint density at radius 1 is 0.895 bits per heavy atom. The average Bonchev–Trinajstić information content (AvgIpc) is 2.33. The molecule has 3 rings (SSSR count). The van der Waals surface area contributed by atoms with Gasteiger partial charge in [0, 0.05) is 12.6 Å². The van der Waals surface area contributed by atoms with Crippen LogP contribution in [0.4, 0.5) is 0 Å². The number of nitrogens with one attached hydrogen (secondary N) is 1. The van der Waals surface area contributed by atoms with E-state index in [4.69, 9.17) is 4.74 Å². The molecule has 1 N–H and O–H groups in total. The molecule has 2 unspecified atom stereocenters. The molecule has 2 aliphatic carbocycles. The second-order valence-electron chi connectivity index (χ2n) is 8.90. The summed E-state index contributed by atoms with van der Waals surface area (Å²) >= 11 is 0. The molecule has 2 saturated carbocycles. The molecule has 2 heteroatoms. The Bertz CT molecular complexity index is 337. The van der Waals surface area contributed by atoms with E-state index in [-0.39, 0.29) is 5.60 Å². The van der Waals surface area contributed by atoms with E-state index in [1.165, 1.54) is 44.9 Å². The van der Waals surface area contributed by atoms with Gasteiger partial charge in [0.15, 0.2) is 0 Å². The molecule has 2 nitrogen and oxygen atoms in total. The summed E-state index contributed by atoms with van der Waals surface area (Å²) in [5, 5.41) is 3.84. The van der Waals surface area contributed by atoms with Gasteiger partial charge in [-0.05, 0) is 55.8 Å². The van der Waals surface area contributed by atoms with Crippen LogP contribution in [0.25, 0.3) is 0 Å². The molecule has 3 fully saturated rings. The Morgan fingerprint density at radius 3 is 2.26 bits per heavy atom. The fraction of sp³-hybridized carbons (Fsp3) is 1.00. The van der Waals surface area contributed by atoms with Gasteiger partial charge in [-0.1, -0.05) is 27.7 Å². The summed E-state index contributed by atoms with van der Waals surface area (Å²) < 4.78 is 6.64. The third kappa shape index (κ3) is 2.85. The molecular formula is C17H31NO. The molecule has 1 spiro atoms. The highest BCUT2D eigenvalue weighted by molar-refractivity contribution is 5.01. The van der Waals surface area contributed by atoms with Crippen molar-refractivity contribution >= 4 is 0 Å². The van der Waals surface area contributed by atoms with Gasteiger partial charge in [0.1, 0.15) is 0 Å². The van der Waals surface area contributed by atoms with Gasteiger partial charge < -0.3 is 10.1 Å². The highest BCUT2D eigenvalue weighted by atomic mass is 16.5. The largest absolute Gasteiger partial charge is 0.369 e. The zero-order chi connectivity index (χ0) is 13.7. The van der Waals surface area contributed by atoms with Crippen molar-refractivity contribution in [3.63, 3.8) is 0 Å². The summed E-state index contributed by atoms with van der Waals surface area (Å²) in [4.78, 5) is 0.